The lowest BCUT2D eigenvalue weighted by Crippen LogP contribution is -2.19. The second kappa shape index (κ2) is 7.43. The number of amidine groups is 1. The molecule has 1 amide bonds. The van der Waals surface area contributed by atoms with E-state index < -0.39 is 0 Å². The van der Waals surface area contributed by atoms with Crippen molar-refractivity contribution in [3.05, 3.63) is 68.5 Å². The molecule has 1 aliphatic heterocycles. The van der Waals surface area contributed by atoms with Crippen molar-refractivity contribution >= 4 is 57.8 Å². The van der Waals surface area contributed by atoms with E-state index in [9.17, 15) is 4.79 Å². The van der Waals surface area contributed by atoms with Crippen molar-refractivity contribution in [1.29, 1.82) is 0 Å². The third-order valence-corrected chi connectivity index (χ3v) is 4.95. The van der Waals surface area contributed by atoms with Crippen molar-refractivity contribution in [1.82, 2.24) is 5.32 Å². The highest BCUT2D eigenvalue weighted by atomic mass is 35.5. The van der Waals surface area contributed by atoms with Gasteiger partial charge in [0.2, 0.25) is 0 Å². The number of aryl methyl sites for hydroxylation is 1. The van der Waals surface area contributed by atoms with E-state index in [4.69, 9.17) is 23.2 Å². The first-order valence-corrected chi connectivity index (χ1v) is 8.96. The molecule has 1 saturated heterocycles. The van der Waals surface area contributed by atoms with E-state index in [1.165, 1.54) is 17.3 Å². The topological polar surface area (TPSA) is 41.5 Å². The summed E-state index contributed by atoms with van der Waals surface area (Å²) in [5, 5.41) is 4.39. The van der Waals surface area contributed by atoms with Crippen molar-refractivity contribution in [3.63, 3.8) is 0 Å². The second-order valence-corrected chi connectivity index (χ2v) is 7.04. The zero-order chi connectivity index (χ0) is 17.1. The Bertz CT molecular complexity index is 845. The molecule has 2 aromatic carbocycles. The molecule has 2 aromatic rings. The molecule has 6 heteroatoms. The Hall–Kier alpha value is -1.75. The van der Waals surface area contributed by atoms with Gasteiger partial charge in [0.25, 0.3) is 5.91 Å². The molecule has 1 N–H and O–H groups in total. The SMILES string of the molecule is CCc1ccc(N=C2NC(=O)/C(=C/c3ccc(Cl)cc3Cl)S2)cc1. The molecule has 1 heterocycles. The van der Waals surface area contributed by atoms with Gasteiger partial charge in [-0.2, -0.15) is 0 Å². The summed E-state index contributed by atoms with van der Waals surface area (Å²) in [6, 6.07) is 13.1. The van der Waals surface area contributed by atoms with Gasteiger partial charge in [-0.1, -0.05) is 48.3 Å². The van der Waals surface area contributed by atoms with E-state index in [1.54, 1.807) is 24.3 Å². The summed E-state index contributed by atoms with van der Waals surface area (Å²) in [6.45, 7) is 2.10. The maximum absolute atomic E-state index is 12.1. The molecule has 122 valence electrons. The van der Waals surface area contributed by atoms with Gasteiger partial charge in [-0.05, 0) is 59.7 Å². The lowest BCUT2D eigenvalue weighted by atomic mass is 10.2. The number of hydrogen-bond donors (Lipinski definition) is 1. The van der Waals surface area contributed by atoms with Gasteiger partial charge in [0, 0.05) is 10.0 Å². The van der Waals surface area contributed by atoms with E-state index in [1.807, 2.05) is 24.3 Å². The highest BCUT2D eigenvalue weighted by Gasteiger charge is 2.24. The standard InChI is InChI=1S/C18H14Cl2N2OS/c1-2-11-3-7-14(8-4-11)21-18-22-17(23)16(24-18)9-12-5-6-13(19)10-15(12)20/h3-10H,2H2,1H3,(H,21,22,23)/b16-9-. The Morgan fingerprint density at radius 3 is 2.58 bits per heavy atom. The lowest BCUT2D eigenvalue weighted by Gasteiger charge is -1.99. The number of halogens is 2. The summed E-state index contributed by atoms with van der Waals surface area (Å²) in [7, 11) is 0. The van der Waals surface area contributed by atoms with Crippen LogP contribution in [0.5, 0.6) is 0 Å². The average Bonchev–Trinajstić information content (AvgIpc) is 2.90. The zero-order valence-electron chi connectivity index (χ0n) is 12.8. The van der Waals surface area contributed by atoms with Crippen molar-refractivity contribution in [2.45, 2.75) is 13.3 Å². The molecule has 3 nitrogen and oxygen atoms in total. The van der Waals surface area contributed by atoms with Crippen LogP contribution in [-0.4, -0.2) is 11.1 Å². The first-order valence-electron chi connectivity index (χ1n) is 7.38. The fourth-order valence-electron chi connectivity index (χ4n) is 2.16. The smallest absolute Gasteiger partial charge is 0.264 e. The maximum atomic E-state index is 12.1. The number of aliphatic imine (C=N–C) groups is 1. The number of benzene rings is 2. The van der Waals surface area contributed by atoms with Gasteiger partial charge in [-0.25, -0.2) is 4.99 Å². The molecule has 1 fully saturated rings. The van der Waals surface area contributed by atoms with Crippen molar-refractivity contribution < 1.29 is 4.79 Å². The molecule has 0 bridgehead atoms. The van der Waals surface area contributed by atoms with Gasteiger partial charge in [0.15, 0.2) is 5.17 Å². The molecule has 0 unspecified atom stereocenters. The lowest BCUT2D eigenvalue weighted by molar-refractivity contribution is -0.115. The van der Waals surface area contributed by atoms with Crippen molar-refractivity contribution in [2.24, 2.45) is 4.99 Å². The van der Waals surface area contributed by atoms with Gasteiger partial charge < -0.3 is 5.32 Å². The number of nitrogens with one attached hydrogen (secondary N) is 1. The predicted molar refractivity (Wildman–Crippen MR) is 103 cm³/mol. The van der Waals surface area contributed by atoms with Crippen LogP contribution >= 0.6 is 35.0 Å². The minimum Gasteiger partial charge on any atom is -0.300 e. The highest BCUT2D eigenvalue weighted by Crippen LogP contribution is 2.30. The summed E-state index contributed by atoms with van der Waals surface area (Å²) in [6.07, 6.45) is 2.72. The van der Waals surface area contributed by atoms with Crippen LogP contribution in [0.2, 0.25) is 10.0 Å². The largest absolute Gasteiger partial charge is 0.300 e. The van der Waals surface area contributed by atoms with Gasteiger partial charge in [-0.15, -0.1) is 0 Å². The molecule has 0 radical (unpaired) electrons. The van der Waals surface area contributed by atoms with Crippen LogP contribution in [0.15, 0.2) is 52.4 Å². The van der Waals surface area contributed by atoms with E-state index in [0.29, 0.717) is 20.1 Å². The molecule has 0 aromatic heterocycles. The monoisotopic (exact) mass is 376 g/mol. The normalized spacial score (nSPS) is 17.5. The Labute approximate surface area is 154 Å². The van der Waals surface area contributed by atoms with Crippen molar-refractivity contribution in [3.8, 4) is 0 Å². The number of carbonyl (C=O) groups is 1. The fraction of sp³-hybridized carbons (Fsp3) is 0.111. The predicted octanol–water partition coefficient (Wildman–Crippen LogP) is 5.45. The number of carbonyl (C=O) groups excluding carboxylic acids is 1. The molecular formula is C18H14Cl2N2OS. The van der Waals surface area contributed by atoms with Gasteiger partial charge in [0.05, 0.1) is 10.6 Å². The first kappa shape index (κ1) is 17.1. The van der Waals surface area contributed by atoms with E-state index in [2.05, 4.69) is 17.2 Å². The minimum atomic E-state index is -0.185. The molecular weight excluding hydrogens is 363 g/mol. The number of nitrogens with zero attached hydrogens (tertiary/aromatic N) is 1. The molecule has 1 aliphatic rings. The van der Waals surface area contributed by atoms with Crippen LogP contribution in [0.1, 0.15) is 18.1 Å². The number of thioether (sulfide) groups is 1. The zero-order valence-corrected chi connectivity index (χ0v) is 15.2. The van der Waals surface area contributed by atoms with Gasteiger partial charge in [-0.3, -0.25) is 4.79 Å². The van der Waals surface area contributed by atoms with Crippen LogP contribution in [0.4, 0.5) is 5.69 Å². The van der Waals surface area contributed by atoms with Crippen molar-refractivity contribution in [2.75, 3.05) is 0 Å². The van der Waals surface area contributed by atoms with E-state index >= 15 is 0 Å². The van der Waals surface area contributed by atoms with Crippen LogP contribution in [-0.2, 0) is 11.2 Å². The fourth-order valence-corrected chi connectivity index (χ4v) is 3.46. The highest BCUT2D eigenvalue weighted by molar-refractivity contribution is 8.18. The summed E-state index contributed by atoms with van der Waals surface area (Å²) < 4.78 is 0. The van der Waals surface area contributed by atoms with E-state index in [-0.39, 0.29) is 5.91 Å². The molecule has 24 heavy (non-hydrogen) atoms. The maximum Gasteiger partial charge on any atom is 0.264 e. The molecule has 0 aliphatic carbocycles. The second-order valence-electron chi connectivity index (χ2n) is 5.17. The molecule has 0 spiro atoms. The van der Waals surface area contributed by atoms with Gasteiger partial charge in [0.1, 0.15) is 0 Å². The van der Waals surface area contributed by atoms with Gasteiger partial charge >= 0.3 is 0 Å². The van der Waals surface area contributed by atoms with Crippen LogP contribution in [0.25, 0.3) is 6.08 Å². The summed E-state index contributed by atoms with van der Waals surface area (Å²) >= 11 is 13.3. The molecule has 0 saturated carbocycles. The quantitative estimate of drug-likeness (QED) is 0.723. The number of hydrogen-bond acceptors (Lipinski definition) is 3. The Morgan fingerprint density at radius 2 is 1.92 bits per heavy atom. The third kappa shape index (κ3) is 4.01. The molecule has 3 rings (SSSR count). The summed E-state index contributed by atoms with van der Waals surface area (Å²) in [4.78, 5) is 17.1. The Balaban J connectivity index is 1.82. The summed E-state index contributed by atoms with van der Waals surface area (Å²) in [5.74, 6) is -0.185. The Morgan fingerprint density at radius 1 is 1.17 bits per heavy atom. The van der Waals surface area contributed by atoms with Crippen LogP contribution in [0, 0.1) is 0 Å². The Kier molecular flexibility index (Phi) is 5.29. The molecule has 0 atom stereocenters. The minimum absolute atomic E-state index is 0.185. The number of rotatable bonds is 3. The third-order valence-electron chi connectivity index (χ3n) is 3.48. The first-order chi connectivity index (χ1) is 11.5. The average molecular weight is 377 g/mol. The van der Waals surface area contributed by atoms with Crippen LogP contribution in [0.3, 0.4) is 0 Å². The van der Waals surface area contributed by atoms with E-state index in [0.717, 1.165) is 17.7 Å². The van der Waals surface area contributed by atoms with Crippen LogP contribution < -0.4 is 5.32 Å². The summed E-state index contributed by atoms with van der Waals surface area (Å²) in [5.41, 5.74) is 2.80. The number of amides is 1.